The van der Waals surface area contributed by atoms with Crippen molar-refractivity contribution >= 4 is 26.2 Å². The third-order valence-electron chi connectivity index (χ3n) is 1.41. The first kappa shape index (κ1) is 10.6. The van der Waals surface area contributed by atoms with Crippen molar-refractivity contribution in [2.45, 2.75) is 24.9 Å². The van der Waals surface area contributed by atoms with Crippen LogP contribution in [0.1, 0.15) is 19.9 Å². The molecule has 0 aliphatic carbocycles. The SMILES string of the molecule is CC(C)n1nc(Br)cc1S(=O)(=O)F. The molecule has 0 aliphatic rings. The standard InChI is InChI=1S/C6H8BrFN2O2S/c1-4(2)10-6(13(8,11)12)3-5(7)9-10/h3-4H,1-2H3. The highest BCUT2D eigenvalue weighted by Crippen LogP contribution is 2.21. The second kappa shape index (κ2) is 3.38. The molecular formula is C6H8BrFN2O2S. The van der Waals surface area contributed by atoms with Crippen molar-refractivity contribution in [3.63, 3.8) is 0 Å². The highest BCUT2D eigenvalue weighted by atomic mass is 79.9. The lowest BCUT2D eigenvalue weighted by atomic mass is 10.4. The van der Waals surface area contributed by atoms with E-state index < -0.39 is 15.2 Å². The largest absolute Gasteiger partial charge is 0.349 e. The summed E-state index contributed by atoms with van der Waals surface area (Å²) in [6, 6.07) is 0.932. The maximum Gasteiger partial charge on any atom is 0.349 e. The van der Waals surface area contributed by atoms with E-state index in [-0.39, 0.29) is 6.04 Å². The van der Waals surface area contributed by atoms with Crippen LogP contribution in [0.25, 0.3) is 0 Å². The normalized spacial score (nSPS) is 12.4. The fraction of sp³-hybridized carbons (Fsp3) is 0.500. The first-order valence-electron chi connectivity index (χ1n) is 3.52. The molecule has 0 fully saturated rings. The summed E-state index contributed by atoms with van der Waals surface area (Å²) in [6.45, 7) is 3.43. The van der Waals surface area contributed by atoms with Crippen LogP contribution in [0.15, 0.2) is 15.7 Å². The molecule has 7 heteroatoms. The fourth-order valence-electron chi connectivity index (χ4n) is 0.901. The van der Waals surface area contributed by atoms with Crippen molar-refractivity contribution in [2.75, 3.05) is 0 Å². The van der Waals surface area contributed by atoms with E-state index in [0.717, 1.165) is 10.7 Å². The number of nitrogens with zero attached hydrogens (tertiary/aromatic N) is 2. The Morgan fingerprint density at radius 1 is 1.62 bits per heavy atom. The average molecular weight is 271 g/mol. The smallest absolute Gasteiger partial charge is 0.248 e. The van der Waals surface area contributed by atoms with Gasteiger partial charge in [0.2, 0.25) is 0 Å². The summed E-state index contributed by atoms with van der Waals surface area (Å²) in [5.74, 6) is 0. The summed E-state index contributed by atoms with van der Waals surface area (Å²) in [6.07, 6.45) is 0. The van der Waals surface area contributed by atoms with Crippen molar-refractivity contribution in [1.82, 2.24) is 9.78 Å². The van der Waals surface area contributed by atoms with Crippen LogP contribution in [0, 0.1) is 0 Å². The molecule has 1 rings (SSSR count). The fourth-order valence-corrected chi connectivity index (χ4v) is 2.17. The molecule has 0 saturated carbocycles. The second-order valence-corrected chi connectivity index (χ2v) is 4.89. The molecule has 0 bridgehead atoms. The minimum atomic E-state index is -4.69. The summed E-state index contributed by atoms with van der Waals surface area (Å²) in [5, 5.41) is 3.37. The lowest BCUT2D eigenvalue weighted by molar-refractivity contribution is 0.465. The van der Waals surface area contributed by atoms with Crippen LogP contribution in [-0.2, 0) is 10.2 Å². The van der Waals surface area contributed by atoms with Gasteiger partial charge in [-0.15, -0.1) is 0 Å². The minimum Gasteiger partial charge on any atom is -0.248 e. The maximum atomic E-state index is 12.6. The molecule has 0 aromatic carbocycles. The zero-order chi connectivity index (χ0) is 10.2. The van der Waals surface area contributed by atoms with Gasteiger partial charge in [-0.2, -0.15) is 13.5 Å². The third kappa shape index (κ3) is 2.28. The molecule has 0 radical (unpaired) electrons. The lowest BCUT2D eigenvalue weighted by Crippen LogP contribution is -2.09. The van der Waals surface area contributed by atoms with Gasteiger partial charge in [0.05, 0.1) is 0 Å². The Kier molecular flexibility index (Phi) is 2.76. The molecule has 0 aliphatic heterocycles. The number of rotatable bonds is 2. The second-order valence-electron chi connectivity index (χ2n) is 2.78. The number of hydrogen-bond acceptors (Lipinski definition) is 3. The Bertz CT molecular complexity index is 412. The van der Waals surface area contributed by atoms with E-state index in [0.29, 0.717) is 4.60 Å². The number of hydrogen-bond donors (Lipinski definition) is 0. The van der Waals surface area contributed by atoms with E-state index in [1.165, 1.54) is 0 Å². The van der Waals surface area contributed by atoms with E-state index in [2.05, 4.69) is 21.0 Å². The molecule has 4 nitrogen and oxygen atoms in total. The predicted octanol–water partition coefficient (Wildman–Crippen LogP) is 1.88. The van der Waals surface area contributed by atoms with Crippen LogP contribution in [0.4, 0.5) is 3.89 Å². The summed E-state index contributed by atoms with van der Waals surface area (Å²) >= 11 is 2.98. The number of aromatic nitrogens is 2. The van der Waals surface area contributed by atoms with E-state index >= 15 is 0 Å². The summed E-state index contributed by atoms with van der Waals surface area (Å²) in [5.41, 5.74) is 0. The number of halogens is 2. The van der Waals surface area contributed by atoms with Crippen molar-refractivity contribution < 1.29 is 12.3 Å². The first-order chi connectivity index (χ1) is 5.82. The summed E-state index contributed by atoms with van der Waals surface area (Å²) < 4.78 is 35.3. The topological polar surface area (TPSA) is 52.0 Å². The van der Waals surface area contributed by atoms with Crippen molar-refractivity contribution in [3.8, 4) is 0 Å². The first-order valence-corrected chi connectivity index (χ1v) is 5.69. The maximum absolute atomic E-state index is 12.6. The van der Waals surface area contributed by atoms with Crippen LogP contribution in [0.3, 0.4) is 0 Å². The van der Waals surface area contributed by atoms with Crippen LogP contribution in [0.5, 0.6) is 0 Å². The highest BCUT2D eigenvalue weighted by molar-refractivity contribution is 9.10. The lowest BCUT2D eigenvalue weighted by Gasteiger charge is -2.06. The molecule has 1 aromatic rings. The molecule has 0 amide bonds. The van der Waals surface area contributed by atoms with Crippen LogP contribution >= 0.6 is 15.9 Å². The van der Waals surface area contributed by atoms with Crippen molar-refractivity contribution in [2.24, 2.45) is 0 Å². The van der Waals surface area contributed by atoms with E-state index in [4.69, 9.17) is 0 Å². The Morgan fingerprint density at radius 2 is 2.15 bits per heavy atom. The molecule has 13 heavy (non-hydrogen) atoms. The van der Waals surface area contributed by atoms with E-state index in [1.807, 2.05) is 0 Å². The molecule has 0 atom stereocenters. The van der Waals surface area contributed by atoms with E-state index in [9.17, 15) is 12.3 Å². The van der Waals surface area contributed by atoms with Gasteiger partial charge in [0, 0.05) is 12.1 Å². The van der Waals surface area contributed by atoms with Crippen molar-refractivity contribution in [3.05, 3.63) is 10.7 Å². The van der Waals surface area contributed by atoms with Gasteiger partial charge in [0.1, 0.15) is 4.60 Å². The van der Waals surface area contributed by atoms with Gasteiger partial charge < -0.3 is 0 Å². The van der Waals surface area contributed by atoms with Gasteiger partial charge in [0.15, 0.2) is 5.03 Å². The Labute approximate surface area is 84.1 Å². The molecule has 1 aromatic heterocycles. The molecular weight excluding hydrogens is 263 g/mol. The third-order valence-corrected chi connectivity index (χ3v) is 2.60. The summed E-state index contributed by atoms with van der Waals surface area (Å²) in [7, 11) is -4.69. The van der Waals surface area contributed by atoms with Gasteiger partial charge >= 0.3 is 10.2 Å². The zero-order valence-corrected chi connectivity index (χ0v) is 9.43. The molecule has 0 spiro atoms. The van der Waals surface area contributed by atoms with Crippen LogP contribution < -0.4 is 0 Å². The van der Waals surface area contributed by atoms with Crippen LogP contribution in [-0.4, -0.2) is 18.2 Å². The Balaban J connectivity index is 3.37. The monoisotopic (exact) mass is 270 g/mol. The highest BCUT2D eigenvalue weighted by Gasteiger charge is 2.21. The Morgan fingerprint density at radius 3 is 2.46 bits per heavy atom. The van der Waals surface area contributed by atoms with E-state index in [1.54, 1.807) is 13.8 Å². The molecule has 0 unspecified atom stereocenters. The van der Waals surface area contributed by atoms with Gasteiger partial charge in [-0.1, -0.05) is 3.89 Å². The van der Waals surface area contributed by atoms with Crippen LogP contribution in [0.2, 0.25) is 0 Å². The molecule has 1 heterocycles. The van der Waals surface area contributed by atoms with Crippen molar-refractivity contribution in [1.29, 1.82) is 0 Å². The molecule has 0 saturated heterocycles. The Hall–Kier alpha value is -0.430. The van der Waals surface area contributed by atoms with Gasteiger partial charge in [-0.3, -0.25) is 0 Å². The molecule has 74 valence electrons. The zero-order valence-electron chi connectivity index (χ0n) is 7.03. The van der Waals surface area contributed by atoms with Gasteiger partial charge in [0.25, 0.3) is 0 Å². The average Bonchev–Trinajstić information content (AvgIpc) is 2.29. The van der Waals surface area contributed by atoms with Gasteiger partial charge in [-0.25, -0.2) is 4.68 Å². The predicted molar refractivity (Wildman–Crippen MR) is 48.6 cm³/mol. The minimum absolute atomic E-state index is 0.202. The summed E-state index contributed by atoms with van der Waals surface area (Å²) in [4.78, 5) is 0. The molecule has 0 N–H and O–H groups in total. The quantitative estimate of drug-likeness (QED) is 0.772. The van der Waals surface area contributed by atoms with Gasteiger partial charge in [-0.05, 0) is 29.8 Å².